The van der Waals surface area contributed by atoms with Gasteiger partial charge in [0.05, 0.1) is 18.7 Å². The van der Waals surface area contributed by atoms with Gasteiger partial charge in [0.2, 0.25) is 11.9 Å². The summed E-state index contributed by atoms with van der Waals surface area (Å²) < 4.78 is 33.3. The summed E-state index contributed by atoms with van der Waals surface area (Å²) in [5.41, 5.74) is 0.346. The monoisotopic (exact) mass is 446 g/mol. The summed E-state index contributed by atoms with van der Waals surface area (Å²) in [6, 6.07) is 8.27. The molecule has 11 heteroatoms. The average Bonchev–Trinajstić information content (AvgIpc) is 2.72. The van der Waals surface area contributed by atoms with Crippen molar-refractivity contribution in [1.29, 1.82) is 0 Å². The molecule has 0 radical (unpaired) electrons. The number of nitrogens with zero attached hydrogens (tertiary/aromatic N) is 4. The summed E-state index contributed by atoms with van der Waals surface area (Å²) in [5.74, 6) is -0.926. The van der Waals surface area contributed by atoms with E-state index in [0.717, 1.165) is 0 Å². The van der Waals surface area contributed by atoms with E-state index in [4.69, 9.17) is 16.3 Å². The molecule has 0 unspecified atom stereocenters. The molecular weight excluding hydrogens is 430 g/mol. The molecule has 160 valence electrons. The van der Waals surface area contributed by atoms with Gasteiger partial charge in [-0.3, -0.25) is 4.79 Å². The second kappa shape index (κ2) is 8.68. The third kappa shape index (κ3) is 4.64. The van der Waals surface area contributed by atoms with Crippen molar-refractivity contribution in [3.63, 3.8) is 0 Å². The molecule has 2 heterocycles. The van der Waals surface area contributed by atoms with E-state index in [-0.39, 0.29) is 23.4 Å². The third-order valence-corrected chi connectivity index (χ3v) is 4.81. The lowest BCUT2D eigenvalue weighted by Gasteiger charge is -2.38. The van der Waals surface area contributed by atoms with Gasteiger partial charge in [-0.2, -0.15) is 4.98 Å². The first-order valence-electron chi connectivity index (χ1n) is 9.27. The highest BCUT2D eigenvalue weighted by molar-refractivity contribution is 6.30. The lowest BCUT2D eigenvalue weighted by Crippen LogP contribution is -2.54. The number of carbonyl (C=O) groups is 1. The van der Waals surface area contributed by atoms with E-state index in [1.165, 1.54) is 43.7 Å². The Morgan fingerprint density at radius 1 is 1.16 bits per heavy atom. The van der Waals surface area contributed by atoms with Gasteiger partial charge in [0.1, 0.15) is 18.2 Å². The molecule has 1 fully saturated rings. The highest BCUT2D eigenvalue weighted by Crippen LogP contribution is 2.26. The average molecular weight is 447 g/mol. The fraction of sp³-hybridized carbons (Fsp3) is 0.200. The van der Waals surface area contributed by atoms with Crippen LogP contribution in [0.3, 0.4) is 0 Å². The Balaban J connectivity index is 1.40. The molecule has 1 aromatic heterocycles. The lowest BCUT2D eigenvalue weighted by atomic mass is 10.1. The predicted octanol–water partition coefficient (Wildman–Crippen LogP) is 3.17. The fourth-order valence-corrected chi connectivity index (χ4v) is 3.13. The summed E-state index contributed by atoms with van der Waals surface area (Å²) >= 11 is 5.75. The molecule has 2 N–H and O–H groups in total. The zero-order valence-corrected chi connectivity index (χ0v) is 17.0. The molecule has 1 aliphatic heterocycles. The van der Waals surface area contributed by atoms with E-state index in [0.29, 0.717) is 29.7 Å². The largest absolute Gasteiger partial charge is 0.484 e. The molecule has 0 atom stereocenters. The zero-order valence-electron chi connectivity index (χ0n) is 16.3. The lowest BCUT2D eigenvalue weighted by molar-refractivity contribution is 0.0959. The van der Waals surface area contributed by atoms with Gasteiger partial charge in [0.25, 0.3) is 5.91 Å². The topological polar surface area (TPSA) is 92.3 Å². The van der Waals surface area contributed by atoms with Gasteiger partial charge < -0.3 is 20.3 Å². The van der Waals surface area contributed by atoms with Crippen LogP contribution in [0.25, 0.3) is 0 Å². The first-order valence-corrected chi connectivity index (χ1v) is 9.65. The first kappa shape index (κ1) is 20.7. The number of anilines is 3. The number of rotatable bonds is 6. The Morgan fingerprint density at radius 3 is 2.71 bits per heavy atom. The quantitative estimate of drug-likeness (QED) is 0.600. The molecule has 2 aromatic carbocycles. The zero-order chi connectivity index (χ0) is 22.0. The number of hydrogen-bond donors (Lipinski definition) is 2. The number of amides is 1. The van der Waals surface area contributed by atoms with Crippen LogP contribution in [-0.4, -0.2) is 47.1 Å². The molecule has 1 amide bonds. The van der Waals surface area contributed by atoms with Gasteiger partial charge in [-0.15, -0.1) is 0 Å². The molecule has 4 rings (SSSR count). The Morgan fingerprint density at radius 2 is 1.97 bits per heavy atom. The normalized spacial score (nSPS) is 13.5. The number of nitrogens with one attached hydrogen (secondary N) is 2. The van der Waals surface area contributed by atoms with Gasteiger partial charge in [-0.05, 0) is 36.4 Å². The minimum absolute atomic E-state index is 0.0982. The summed E-state index contributed by atoms with van der Waals surface area (Å²) in [6.07, 6.45) is 1.11. The van der Waals surface area contributed by atoms with Crippen LogP contribution in [0.15, 0.2) is 42.7 Å². The van der Waals surface area contributed by atoms with Crippen molar-refractivity contribution in [2.45, 2.75) is 6.10 Å². The molecule has 31 heavy (non-hydrogen) atoms. The number of halogens is 3. The molecular formula is C20H17ClF2N6O2. The molecule has 3 aromatic rings. The molecule has 8 nitrogen and oxygen atoms in total. The molecule has 0 saturated carbocycles. The fourth-order valence-electron chi connectivity index (χ4n) is 2.97. The van der Waals surface area contributed by atoms with Crippen LogP contribution in [0.2, 0.25) is 5.02 Å². The first-order chi connectivity index (χ1) is 14.9. The van der Waals surface area contributed by atoms with Crippen molar-refractivity contribution in [3.8, 4) is 5.75 Å². The molecule has 1 saturated heterocycles. The molecule has 0 bridgehead atoms. The van der Waals surface area contributed by atoms with E-state index in [1.54, 1.807) is 6.07 Å². The van der Waals surface area contributed by atoms with Crippen molar-refractivity contribution < 1.29 is 18.3 Å². The number of hydrogen-bond acceptors (Lipinski definition) is 7. The standard InChI is InChI=1S/C20H17ClF2N6O2/c1-24-18(30)14-7-12(3-4-15(14)22)27-19-25-10-26-20(28-19)29-8-13(9-29)31-17-5-2-11(21)6-16(17)23/h2-7,10,13H,8-9H2,1H3,(H,24,30)(H,25,26,27,28). The minimum Gasteiger partial charge on any atom is -0.484 e. The van der Waals surface area contributed by atoms with Crippen LogP contribution in [0.5, 0.6) is 5.75 Å². The van der Waals surface area contributed by atoms with Crippen molar-refractivity contribution in [2.24, 2.45) is 0 Å². The van der Waals surface area contributed by atoms with Crippen LogP contribution >= 0.6 is 11.6 Å². The summed E-state index contributed by atoms with van der Waals surface area (Å²) in [5, 5.41) is 5.61. The van der Waals surface area contributed by atoms with Crippen LogP contribution in [0, 0.1) is 11.6 Å². The van der Waals surface area contributed by atoms with Crippen molar-refractivity contribution in [3.05, 3.63) is 64.9 Å². The number of benzene rings is 2. The number of aromatic nitrogens is 3. The second-order valence-electron chi connectivity index (χ2n) is 6.73. The third-order valence-electron chi connectivity index (χ3n) is 4.57. The van der Waals surface area contributed by atoms with Gasteiger partial charge in [-0.25, -0.2) is 18.7 Å². The van der Waals surface area contributed by atoms with E-state index >= 15 is 0 Å². The maximum absolute atomic E-state index is 13.9. The van der Waals surface area contributed by atoms with E-state index < -0.39 is 17.5 Å². The Labute approximate surface area is 181 Å². The van der Waals surface area contributed by atoms with E-state index in [2.05, 4.69) is 25.6 Å². The SMILES string of the molecule is CNC(=O)c1cc(Nc2ncnc(N3CC(Oc4ccc(Cl)cc4F)C3)n2)ccc1F. The van der Waals surface area contributed by atoms with Gasteiger partial charge in [0, 0.05) is 17.8 Å². The Hall–Kier alpha value is -3.53. The Kier molecular flexibility index (Phi) is 5.81. The molecule has 0 aliphatic carbocycles. The number of carbonyl (C=O) groups excluding carboxylic acids is 1. The van der Waals surface area contributed by atoms with Crippen molar-refractivity contribution in [1.82, 2.24) is 20.3 Å². The van der Waals surface area contributed by atoms with Gasteiger partial charge in [-0.1, -0.05) is 11.6 Å². The van der Waals surface area contributed by atoms with Crippen molar-refractivity contribution in [2.75, 3.05) is 30.4 Å². The minimum atomic E-state index is -0.634. The van der Waals surface area contributed by atoms with Gasteiger partial charge in [0.15, 0.2) is 11.6 Å². The smallest absolute Gasteiger partial charge is 0.254 e. The summed E-state index contributed by atoms with van der Waals surface area (Å²) in [6.45, 7) is 0.922. The maximum Gasteiger partial charge on any atom is 0.254 e. The highest BCUT2D eigenvalue weighted by atomic mass is 35.5. The number of ether oxygens (including phenoxy) is 1. The van der Waals surface area contributed by atoms with Crippen LogP contribution in [0.4, 0.5) is 26.4 Å². The van der Waals surface area contributed by atoms with Gasteiger partial charge >= 0.3 is 0 Å². The summed E-state index contributed by atoms with van der Waals surface area (Å²) in [7, 11) is 1.42. The predicted molar refractivity (Wildman–Crippen MR) is 111 cm³/mol. The Bertz CT molecular complexity index is 1130. The summed E-state index contributed by atoms with van der Waals surface area (Å²) in [4.78, 5) is 26.1. The van der Waals surface area contributed by atoms with Crippen LogP contribution < -0.4 is 20.3 Å². The highest BCUT2D eigenvalue weighted by Gasteiger charge is 2.31. The van der Waals surface area contributed by atoms with Crippen molar-refractivity contribution >= 4 is 35.1 Å². The van der Waals surface area contributed by atoms with Crippen LogP contribution in [-0.2, 0) is 0 Å². The van der Waals surface area contributed by atoms with Crippen LogP contribution in [0.1, 0.15) is 10.4 Å². The maximum atomic E-state index is 13.9. The molecule has 0 spiro atoms. The second-order valence-corrected chi connectivity index (χ2v) is 7.16. The van der Waals surface area contributed by atoms with E-state index in [1.807, 2.05) is 4.90 Å². The van der Waals surface area contributed by atoms with E-state index in [9.17, 15) is 13.6 Å². The molecule has 1 aliphatic rings.